The zero-order valence-electron chi connectivity index (χ0n) is 14.4. The Balaban J connectivity index is 2.29. The van der Waals surface area contributed by atoms with Crippen molar-refractivity contribution in [1.29, 1.82) is 0 Å². The van der Waals surface area contributed by atoms with Gasteiger partial charge >= 0.3 is 0 Å². The van der Waals surface area contributed by atoms with Gasteiger partial charge in [-0.15, -0.1) is 0 Å². The molecule has 0 amide bonds. The molecule has 0 aromatic heterocycles. The molecule has 1 aliphatic heterocycles. The summed E-state index contributed by atoms with van der Waals surface area (Å²) in [4.78, 5) is 0. The van der Waals surface area contributed by atoms with Gasteiger partial charge in [0.05, 0.1) is 0 Å². The van der Waals surface area contributed by atoms with Crippen molar-refractivity contribution in [2.45, 2.75) is 45.5 Å². The lowest BCUT2D eigenvalue weighted by atomic mass is 9.76. The zero-order valence-corrected chi connectivity index (χ0v) is 16.4. The van der Waals surface area contributed by atoms with Crippen molar-refractivity contribution in [2.75, 3.05) is 0 Å². The van der Waals surface area contributed by atoms with E-state index in [4.69, 9.17) is 4.74 Å². The third-order valence-electron chi connectivity index (χ3n) is 4.66. The fraction of sp³-hybridized carbons (Fsp3) is 0.368. The molecule has 0 radical (unpaired) electrons. The van der Waals surface area contributed by atoms with Crippen LogP contribution in [0.1, 0.15) is 25.0 Å². The molecule has 116 valence electrons. The van der Waals surface area contributed by atoms with Crippen LogP contribution in [0.3, 0.4) is 0 Å². The third-order valence-corrected chi connectivity index (χ3v) is 7.60. The molecule has 0 atom stereocenters. The van der Waals surface area contributed by atoms with Gasteiger partial charge in [0.1, 0.15) is 11.5 Å². The molecule has 1 aliphatic rings. The minimum absolute atomic E-state index is 0.00354. The molecule has 3 heteroatoms. The molecular formula is C19H24OSi2-2. The van der Waals surface area contributed by atoms with Gasteiger partial charge in [-0.1, -0.05) is 50.2 Å². The fourth-order valence-corrected chi connectivity index (χ4v) is 5.45. The van der Waals surface area contributed by atoms with Crippen molar-refractivity contribution in [2.24, 2.45) is 0 Å². The lowest BCUT2D eigenvalue weighted by Crippen LogP contribution is -2.36. The molecule has 0 spiro atoms. The largest absolute Gasteiger partial charge is 0.462 e. The number of benzene rings is 2. The molecule has 1 nitrogen and oxygen atoms in total. The van der Waals surface area contributed by atoms with Crippen LogP contribution in [0.5, 0.6) is 11.5 Å². The quantitative estimate of drug-likeness (QED) is 0.758. The molecule has 0 unspecified atom stereocenters. The summed E-state index contributed by atoms with van der Waals surface area (Å²) in [5.74, 6) is 2.27. The molecule has 0 saturated heterocycles. The van der Waals surface area contributed by atoms with Crippen LogP contribution >= 0.6 is 0 Å². The summed E-state index contributed by atoms with van der Waals surface area (Å²) in [6.07, 6.45) is 0. The van der Waals surface area contributed by atoms with Gasteiger partial charge in [0.2, 0.25) is 0 Å². The van der Waals surface area contributed by atoms with Gasteiger partial charge in [-0.3, -0.25) is 17.6 Å². The molecule has 2 aromatic carbocycles. The number of fused-ring (bicyclic) bond motifs is 2. The first-order valence-corrected chi connectivity index (χ1v) is 12.9. The first-order chi connectivity index (χ1) is 10.3. The van der Waals surface area contributed by atoms with Crippen molar-refractivity contribution in [1.82, 2.24) is 0 Å². The fourth-order valence-electron chi connectivity index (χ4n) is 3.31. The van der Waals surface area contributed by atoms with Crippen LogP contribution < -0.4 is 15.1 Å². The summed E-state index contributed by atoms with van der Waals surface area (Å²) in [5.41, 5.74) is 2.67. The number of hydrogen-bond donors (Lipinski definition) is 0. The topological polar surface area (TPSA) is 9.23 Å². The Morgan fingerprint density at radius 3 is 1.50 bits per heavy atom. The predicted molar refractivity (Wildman–Crippen MR) is 99.3 cm³/mol. The highest BCUT2D eigenvalue weighted by Gasteiger charge is 2.34. The van der Waals surface area contributed by atoms with Crippen LogP contribution in [-0.4, -0.2) is 17.6 Å². The SMILES string of the molecule is C[Si-](C)c1cccc2c1Oc1c([Si-](C)C)cccc1C2(C)C. The van der Waals surface area contributed by atoms with Gasteiger partial charge in [-0.05, 0) is 0 Å². The Kier molecular flexibility index (Phi) is 3.81. The van der Waals surface area contributed by atoms with Crippen molar-refractivity contribution in [3.8, 4) is 11.5 Å². The second-order valence-corrected chi connectivity index (χ2v) is 12.2. The van der Waals surface area contributed by atoms with Gasteiger partial charge in [-0.25, -0.2) is 0 Å². The molecule has 2 aromatic rings. The maximum absolute atomic E-state index is 6.55. The van der Waals surface area contributed by atoms with E-state index in [-0.39, 0.29) is 5.41 Å². The number of hydrogen-bond acceptors (Lipinski definition) is 1. The molecule has 1 heterocycles. The van der Waals surface area contributed by atoms with Gasteiger partial charge < -0.3 is 4.74 Å². The van der Waals surface area contributed by atoms with E-state index in [9.17, 15) is 0 Å². The van der Waals surface area contributed by atoms with Crippen LogP contribution in [0, 0.1) is 0 Å². The van der Waals surface area contributed by atoms with Crippen molar-refractivity contribution < 1.29 is 4.74 Å². The molecule has 0 aliphatic carbocycles. The summed E-state index contributed by atoms with van der Waals surface area (Å²) in [7, 11) is -1.11. The van der Waals surface area contributed by atoms with Crippen molar-refractivity contribution >= 4 is 28.0 Å². The third kappa shape index (κ3) is 2.27. The molecule has 0 bridgehead atoms. The maximum atomic E-state index is 6.55. The van der Waals surface area contributed by atoms with Gasteiger partial charge in [0, 0.05) is 16.5 Å². The molecule has 0 N–H and O–H groups in total. The molecule has 0 saturated carbocycles. The van der Waals surface area contributed by atoms with Crippen LogP contribution in [0.25, 0.3) is 0 Å². The standard InChI is InChI=1S/C19H24OSi2/c1-19(2)13-9-7-11-15(21(3)4)17(13)20-18-14(19)10-8-12-16(18)22(5)6/h7-12H,1-6H3/q-2. The number of para-hydroxylation sites is 2. The maximum Gasteiger partial charge on any atom is 0.100 e. The summed E-state index contributed by atoms with van der Waals surface area (Å²) in [6, 6.07) is 13.4. The second kappa shape index (κ2) is 5.39. The molecule has 22 heavy (non-hydrogen) atoms. The predicted octanol–water partition coefficient (Wildman–Crippen LogP) is 4.04. The van der Waals surface area contributed by atoms with Crippen molar-refractivity contribution in [3.63, 3.8) is 0 Å². The van der Waals surface area contributed by atoms with Crippen LogP contribution in [0.2, 0.25) is 26.2 Å². The monoisotopic (exact) mass is 324 g/mol. The van der Waals surface area contributed by atoms with E-state index in [2.05, 4.69) is 76.4 Å². The number of ether oxygens (including phenoxy) is 1. The first-order valence-electron chi connectivity index (χ1n) is 7.90. The Morgan fingerprint density at radius 2 is 1.14 bits per heavy atom. The average molecular weight is 325 g/mol. The summed E-state index contributed by atoms with van der Waals surface area (Å²) < 4.78 is 6.55. The van der Waals surface area contributed by atoms with E-state index in [0.717, 1.165) is 11.5 Å². The van der Waals surface area contributed by atoms with Crippen LogP contribution in [-0.2, 0) is 5.41 Å². The van der Waals surface area contributed by atoms with Crippen LogP contribution in [0.15, 0.2) is 36.4 Å². The second-order valence-electron chi connectivity index (χ2n) is 7.09. The highest BCUT2D eigenvalue weighted by Crippen LogP contribution is 2.46. The Morgan fingerprint density at radius 1 is 0.727 bits per heavy atom. The summed E-state index contributed by atoms with van der Waals surface area (Å²) in [5, 5.41) is 2.83. The lowest BCUT2D eigenvalue weighted by molar-refractivity contribution is 0.424. The van der Waals surface area contributed by atoms with E-state index < -0.39 is 17.6 Å². The Labute approximate surface area is 137 Å². The molecule has 0 fully saturated rings. The molecular weight excluding hydrogens is 300 g/mol. The number of rotatable bonds is 2. The summed E-state index contributed by atoms with van der Waals surface area (Å²) >= 11 is 0. The van der Waals surface area contributed by atoms with Gasteiger partial charge in [0.15, 0.2) is 0 Å². The van der Waals surface area contributed by atoms with Gasteiger partial charge in [0.25, 0.3) is 0 Å². The Hall–Kier alpha value is -1.33. The Bertz CT molecular complexity index is 658. The van der Waals surface area contributed by atoms with E-state index >= 15 is 0 Å². The zero-order chi connectivity index (χ0) is 16.1. The summed E-state index contributed by atoms with van der Waals surface area (Å²) in [6.45, 7) is 14.0. The molecule has 3 rings (SSSR count). The van der Waals surface area contributed by atoms with E-state index in [1.165, 1.54) is 21.5 Å². The van der Waals surface area contributed by atoms with E-state index in [1.54, 1.807) is 0 Å². The van der Waals surface area contributed by atoms with Crippen molar-refractivity contribution in [3.05, 3.63) is 47.5 Å². The minimum atomic E-state index is -0.553. The van der Waals surface area contributed by atoms with Gasteiger partial charge in [-0.2, -0.15) is 36.6 Å². The lowest BCUT2D eigenvalue weighted by Gasteiger charge is -2.41. The minimum Gasteiger partial charge on any atom is -0.462 e. The first kappa shape index (κ1) is 15.6. The highest BCUT2D eigenvalue weighted by molar-refractivity contribution is 6.72. The highest BCUT2D eigenvalue weighted by atomic mass is 28.3. The normalized spacial score (nSPS) is 14.6. The smallest absolute Gasteiger partial charge is 0.100 e. The van der Waals surface area contributed by atoms with E-state index in [0.29, 0.717) is 0 Å². The van der Waals surface area contributed by atoms with E-state index in [1.807, 2.05) is 0 Å². The van der Waals surface area contributed by atoms with Crippen LogP contribution in [0.4, 0.5) is 0 Å². The average Bonchev–Trinajstić information content (AvgIpc) is 2.46.